The second-order valence-corrected chi connectivity index (χ2v) is 8.64. The number of anilines is 1. The minimum absolute atomic E-state index is 0.160. The van der Waals surface area contributed by atoms with Gasteiger partial charge in [-0.3, -0.25) is 9.59 Å². The fraction of sp³-hybridized carbons (Fsp3) is 0.600. The average Bonchev–Trinajstić information content (AvgIpc) is 2.60. The number of hydrogen-bond donors (Lipinski definition) is 3. The highest BCUT2D eigenvalue weighted by Gasteiger charge is 2.53. The maximum absolute atomic E-state index is 13.2. The smallest absolute Gasteiger partial charge is 0.275 e. The molecule has 4 saturated carbocycles. The maximum atomic E-state index is 13.2. The number of hydrogen-bond acceptors (Lipinski definition) is 2. The van der Waals surface area contributed by atoms with Crippen LogP contribution in [0.5, 0.6) is 0 Å². The monoisotopic (exact) mass is 378 g/mol. The van der Waals surface area contributed by atoms with E-state index < -0.39 is 17.5 Å². The second kappa shape index (κ2) is 7.19. The predicted octanol–water partition coefficient (Wildman–Crippen LogP) is 1.55. The summed E-state index contributed by atoms with van der Waals surface area (Å²) in [4.78, 5) is 24.0. The number of benzene rings is 1. The van der Waals surface area contributed by atoms with Crippen molar-refractivity contribution in [2.45, 2.75) is 44.1 Å². The molecule has 4 aliphatic carbocycles. The quantitative estimate of drug-likeness (QED) is 0.703. The van der Waals surface area contributed by atoms with Crippen molar-refractivity contribution < 1.29 is 23.7 Å². The predicted molar refractivity (Wildman–Crippen MR) is 95.7 cm³/mol. The fourth-order valence-electron chi connectivity index (χ4n) is 5.77. The van der Waals surface area contributed by atoms with Crippen molar-refractivity contribution in [1.29, 1.82) is 0 Å². The van der Waals surface area contributed by atoms with Crippen molar-refractivity contribution in [1.82, 2.24) is 5.32 Å². The third-order valence-electron chi connectivity index (χ3n) is 6.46. The van der Waals surface area contributed by atoms with Crippen LogP contribution in [0.25, 0.3) is 0 Å². The molecule has 4 aliphatic rings. The van der Waals surface area contributed by atoms with Crippen molar-refractivity contribution in [3.8, 4) is 0 Å². The Balaban J connectivity index is 1.22. The number of nitrogens with two attached hydrogens (primary N) is 1. The molecular weight excluding hydrogens is 352 g/mol. The van der Waals surface area contributed by atoms with Gasteiger partial charge in [0, 0.05) is 31.0 Å². The highest BCUT2D eigenvalue weighted by Crippen LogP contribution is 2.54. The van der Waals surface area contributed by atoms with E-state index >= 15 is 0 Å². The summed E-state index contributed by atoms with van der Waals surface area (Å²) >= 11 is 0. The number of carbonyl (C=O) groups is 2. The first-order valence-corrected chi connectivity index (χ1v) is 9.77. The molecule has 0 spiro atoms. The molecule has 0 radical (unpaired) electrons. The molecular formula is C20H26F2N3O2+. The lowest BCUT2D eigenvalue weighted by atomic mass is 9.53. The molecule has 7 heteroatoms. The Labute approximate surface area is 157 Å². The lowest BCUT2D eigenvalue weighted by Crippen LogP contribution is -3.00. The van der Waals surface area contributed by atoms with E-state index in [0.29, 0.717) is 6.54 Å². The van der Waals surface area contributed by atoms with Gasteiger partial charge in [-0.25, -0.2) is 8.78 Å². The van der Waals surface area contributed by atoms with Gasteiger partial charge in [-0.15, -0.1) is 0 Å². The molecule has 146 valence electrons. The van der Waals surface area contributed by atoms with E-state index in [9.17, 15) is 18.4 Å². The summed E-state index contributed by atoms with van der Waals surface area (Å²) in [5.41, 5.74) is 0.383. The van der Waals surface area contributed by atoms with Crippen molar-refractivity contribution in [3.63, 3.8) is 0 Å². The minimum atomic E-state index is -1.03. The van der Waals surface area contributed by atoms with Gasteiger partial charge in [0.05, 0.1) is 12.1 Å². The van der Waals surface area contributed by atoms with Crippen LogP contribution in [0.2, 0.25) is 0 Å². The van der Waals surface area contributed by atoms with Gasteiger partial charge in [0.1, 0.15) is 0 Å². The lowest BCUT2D eigenvalue weighted by molar-refractivity contribution is -0.730. The topological polar surface area (TPSA) is 74.8 Å². The van der Waals surface area contributed by atoms with Crippen LogP contribution in [0.3, 0.4) is 0 Å². The average molecular weight is 378 g/mol. The molecule has 0 unspecified atom stereocenters. The van der Waals surface area contributed by atoms with Gasteiger partial charge >= 0.3 is 0 Å². The number of carbonyl (C=O) groups excluding carboxylic acids is 2. The van der Waals surface area contributed by atoms with Gasteiger partial charge in [0.25, 0.3) is 5.91 Å². The number of rotatable bonds is 6. The summed E-state index contributed by atoms with van der Waals surface area (Å²) in [6, 6.07) is 3.14. The van der Waals surface area contributed by atoms with Crippen LogP contribution in [-0.2, 0) is 9.59 Å². The molecule has 2 amide bonds. The molecule has 1 aromatic carbocycles. The zero-order valence-electron chi connectivity index (χ0n) is 15.3. The van der Waals surface area contributed by atoms with E-state index in [-0.39, 0.29) is 23.7 Å². The Morgan fingerprint density at radius 1 is 1.00 bits per heavy atom. The number of amides is 2. The third-order valence-corrected chi connectivity index (χ3v) is 6.46. The second-order valence-electron chi connectivity index (χ2n) is 8.64. The van der Waals surface area contributed by atoms with Crippen molar-refractivity contribution >= 4 is 17.5 Å². The maximum Gasteiger partial charge on any atom is 0.275 e. The summed E-state index contributed by atoms with van der Waals surface area (Å²) in [7, 11) is 0. The molecule has 0 atom stereocenters. The number of quaternary nitrogens is 1. The van der Waals surface area contributed by atoms with Crippen LogP contribution in [0.4, 0.5) is 14.5 Å². The van der Waals surface area contributed by atoms with E-state index in [1.807, 2.05) is 0 Å². The Morgan fingerprint density at radius 3 is 2.22 bits per heavy atom. The van der Waals surface area contributed by atoms with E-state index in [2.05, 4.69) is 16.0 Å². The van der Waals surface area contributed by atoms with Crippen LogP contribution < -0.4 is 16.0 Å². The molecule has 0 aliphatic heterocycles. The first-order chi connectivity index (χ1) is 12.9. The Kier molecular flexibility index (Phi) is 4.88. The van der Waals surface area contributed by atoms with Crippen LogP contribution in [-0.4, -0.2) is 30.4 Å². The highest BCUT2D eigenvalue weighted by molar-refractivity contribution is 5.94. The molecule has 4 bridgehead atoms. The normalized spacial score (nSPS) is 31.0. The molecule has 27 heavy (non-hydrogen) atoms. The summed E-state index contributed by atoms with van der Waals surface area (Å²) in [6.07, 6.45) is 7.73. The third kappa shape index (κ3) is 4.13. The SMILES string of the molecule is O=C(C[NH2+]C12CC3CC(CC(C3)C1)C2)NCC(=O)Nc1ccc(F)c(F)c1. The van der Waals surface area contributed by atoms with E-state index in [4.69, 9.17) is 0 Å². The number of halogens is 2. The molecule has 4 fully saturated rings. The Hall–Kier alpha value is -2.02. The molecule has 5 nitrogen and oxygen atoms in total. The Bertz CT molecular complexity index is 717. The summed E-state index contributed by atoms with van der Waals surface area (Å²) in [5.74, 6) is -0.147. The van der Waals surface area contributed by atoms with E-state index in [1.54, 1.807) is 0 Å². The van der Waals surface area contributed by atoms with Crippen molar-refractivity contribution in [2.24, 2.45) is 17.8 Å². The van der Waals surface area contributed by atoms with Crippen LogP contribution in [0.1, 0.15) is 38.5 Å². The van der Waals surface area contributed by atoms with Crippen LogP contribution in [0.15, 0.2) is 18.2 Å². The summed E-state index contributed by atoms with van der Waals surface area (Å²) in [6.45, 7) is 0.136. The highest BCUT2D eigenvalue weighted by atomic mass is 19.2. The van der Waals surface area contributed by atoms with Crippen LogP contribution >= 0.6 is 0 Å². The largest absolute Gasteiger partial charge is 0.342 e. The van der Waals surface area contributed by atoms with Crippen LogP contribution in [0, 0.1) is 29.4 Å². The first kappa shape index (κ1) is 18.3. The van der Waals surface area contributed by atoms with Gasteiger partial charge in [-0.2, -0.15) is 0 Å². The zero-order valence-corrected chi connectivity index (χ0v) is 15.3. The number of nitrogens with one attached hydrogen (secondary N) is 2. The molecule has 5 rings (SSSR count). The van der Waals surface area contributed by atoms with Gasteiger partial charge in [0.2, 0.25) is 5.91 Å². The van der Waals surface area contributed by atoms with Gasteiger partial charge in [-0.1, -0.05) is 0 Å². The molecule has 0 aromatic heterocycles. The van der Waals surface area contributed by atoms with Gasteiger partial charge < -0.3 is 16.0 Å². The minimum Gasteiger partial charge on any atom is -0.342 e. The standard InChI is InChI=1S/C20H25F2N3O2/c21-16-2-1-15(6-17(16)22)25-19(27)10-23-18(26)11-24-20-7-12-3-13(8-20)5-14(4-12)9-20/h1-2,6,12-14,24H,3-5,7-11H2,(H,23,26)(H,25,27)/p+1. The van der Waals surface area contributed by atoms with E-state index in [0.717, 1.165) is 29.9 Å². The first-order valence-electron chi connectivity index (χ1n) is 9.77. The van der Waals surface area contributed by atoms with Gasteiger partial charge in [-0.05, 0) is 49.1 Å². The molecule has 0 saturated heterocycles. The lowest BCUT2D eigenvalue weighted by Gasteiger charge is -2.54. The zero-order chi connectivity index (χ0) is 19.0. The van der Waals surface area contributed by atoms with Crippen molar-refractivity contribution in [3.05, 3.63) is 29.8 Å². The van der Waals surface area contributed by atoms with Crippen molar-refractivity contribution in [2.75, 3.05) is 18.4 Å². The molecule has 4 N–H and O–H groups in total. The summed E-state index contributed by atoms with van der Waals surface area (Å²) in [5, 5.41) is 7.25. The van der Waals surface area contributed by atoms with Gasteiger partial charge in [0.15, 0.2) is 18.2 Å². The molecule has 1 aromatic rings. The Morgan fingerprint density at radius 2 is 1.63 bits per heavy atom. The summed E-state index contributed by atoms with van der Waals surface area (Å²) < 4.78 is 26.0. The molecule has 0 heterocycles. The van der Waals surface area contributed by atoms with E-state index in [1.165, 1.54) is 44.6 Å². The fourth-order valence-corrected chi connectivity index (χ4v) is 5.77.